The molecule has 7 heteroatoms. The largest absolute Gasteiger partial charge is 0.493 e. The van der Waals surface area contributed by atoms with Gasteiger partial charge in [0.05, 0.1) is 31.4 Å². The Kier molecular flexibility index (Phi) is 6.49. The van der Waals surface area contributed by atoms with E-state index >= 15 is 0 Å². The Bertz CT molecular complexity index is 712. The maximum absolute atomic E-state index is 12.5. The fourth-order valence-electron chi connectivity index (χ4n) is 2.70. The number of nitrogens with one attached hydrogen (secondary N) is 2. The van der Waals surface area contributed by atoms with Gasteiger partial charge in [-0.2, -0.15) is 0 Å². The average Bonchev–Trinajstić information content (AvgIpc) is 2.58. The van der Waals surface area contributed by atoms with E-state index in [4.69, 9.17) is 14.2 Å². The molecule has 1 aliphatic heterocycles. The van der Waals surface area contributed by atoms with Gasteiger partial charge < -0.3 is 24.8 Å². The zero-order valence-corrected chi connectivity index (χ0v) is 15.8. The van der Waals surface area contributed by atoms with Crippen LogP contribution in [0.25, 0.3) is 0 Å². The van der Waals surface area contributed by atoms with E-state index in [2.05, 4.69) is 10.6 Å². The lowest BCUT2D eigenvalue weighted by molar-refractivity contribution is -0.139. The number of rotatable bonds is 7. The Labute approximate surface area is 153 Å². The van der Waals surface area contributed by atoms with Crippen LogP contribution in [0.3, 0.4) is 0 Å². The number of carbonyl (C=O) groups is 2. The van der Waals surface area contributed by atoms with Crippen LogP contribution in [0.5, 0.6) is 11.5 Å². The minimum absolute atomic E-state index is 0.00458. The third-order valence-corrected chi connectivity index (χ3v) is 3.81. The number of ether oxygens (including phenoxy) is 3. The predicted molar refractivity (Wildman–Crippen MR) is 97.1 cm³/mol. The molecule has 1 aromatic carbocycles. The Hall–Kier alpha value is -2.70. The molecule has 0 fully saturated rings. The molecule has 0 aromatic heterocycles. The molecule has 26 heavy (non-hydrogen) atoms. The summed E-state index contributed by atoms with van der Waals surface area (Å²) in [6.07, 6.45) is 0.715. The van der Waals surface area contributed by atoms with Crippen LogP contribution >= 0.6 is 0 Å². The van der Waals surface area contributed by atoms with Gasteiger partial charge in [-0.3, -0.25) is 0 Å². The molecule has 2 amide bonds. The van der Waals surface area contributed by atoms with Gasteiger partial charge in [0.2, 0.25) is 0 Å². The summed E-state index contributed by atoms with van der Waals surface area (Å²) in [5, 5.41) is 5.40. The van der Waals surface area contributed by atoms with Crippen molar-refractivity contribution in [1.29, 1.82) is 0 Å². The molecule has 0 saturated carbocycles. The Morgan fingerprint density at radius 1 is 1.27 bits per heavy atom. The van der Waals surface area contributed by atoms with E-state index in [0.29, 0.717) is 34.9 Å². The van der Waals surface area contributed by atoms with Gasteiger partial charge in [-0.15, -0.1) is 0 Å². The van der Waals surface area contributed by atoms with Crippen LogP contribution in [0.2, 0.25) is 0 Å². The zero-order chi connectivity index (χ0) is 19.3. The standard InChI is InChI=1S/C19H26N2O5/c1-6-9-25-18(22)16-12(4)20-19(23)21-17(16)13-7-8-14(26-11(2)3)15(10-13)24-5/h7-8,10-11,17H,6,9H2,1-5H3,(H2,20,21,23). The van der Waals surface area contributed by atoms with Gasteiger partial charge >= 0.3 is 12.0 Å². The smallest absolute Gasteiger partial charge is 0.338 e. The quantitative estimate of drug-likeness (QED) is 0.728. The summed E-state index contributed by atoms with van der Waals surface area (Å²) in [4.78, 5) is 24.4. The lowest BCUT2D eigenvalue weighted by Crippen LogP contribution is -2.45. The predicted octanol–water partition coefficient (Wildman–Crippen LogP) is 3.06. The maximum atomic E-state index is 12.5. The van der Waals surface area contributed by atoms with Gasteiger partial charge in [-0.05, 0) is 44.9 Å². The number of hydrogen-bond donors (Lipinski definition) is 2. The molecule has 1 aliphatic rings. The van der Waals surface area contributed by atoms with Crippen molar-refractivity contribution < 1.29 is 23.8 Å². The molecule has 0 bridgehead atoms. The molecule has 0 radical (unpaired) electrons. The second kappa shape index (κ2) is 8.60. The summed E-state index contributed by atoms with van der Waals surface area (Å²) < 4.78 is 16.4. The fraction of sp³-hybridized carbons (Fsp3) is 0.474. The van der Waals surface area contributed by atoms with Crippen LogP contribution in [-0.2, 0) is 9.53 Å². The first-order valence-electron chi connectivity index (χ1n) is 8.67. The third kappa shape index (κ3) is 4.47. The number of methoxy groups -OCH3 is 1. The molecule has 7 nitrogen and oxygen atoms in total. The van der Waals surface area contributed by atoms with E-state index < -0.39 is 12.0 Å². The fourth-order valence-corrected chi connectivity index (χ4v) is 2.70. The highest BCUT2D eigenvalue weighted by Gasteiger charge is 2.32. The first-order chi connectivity index (χ1) is 12.4. The SMILES string of the molecule is CCCOC(=O)C1=C(C)NC(=O)NC1c1ccc(OC(C)C)c(OC)c1. The summed E-state index contributed by atoms with van der Waals surface area (Å²) in [6, 6.07) is 4.33. The van der Waals surface area contributed by atoms with Gasteiger partial charge in [0.15, 0.2) is 11.5 Å². The van der Waals surface area contributed by atoms with Gasteiger partial charge in [-0.25, -0.2) is 9.59 Å². The number of carbonyl (C=O) groups excluding carboxylic acids is 2. The molecule has 0 spiro atoms. The van der Waals surface area contributed by atoms with Crippen molar-refractivity contribution in [3.63, 3.8) is 0 Å². The second-order valence-electron chi connectivity index (χ2n) is 6.28. The molecule has 0 saturated heterocycles. The normalized spacial score (nSPS) is 16.8. The summed E-state index contributed by atoms with van der Waals surface area (Å²) in [5.41, 5.74) is 1.55. The average molecular weight is 362 g/mol. The van der Waals surface area contributed by atoms with E-state index in [9.17, 15) is 9.59 Å². The van der Waals surface area contributed by atoms with Crippen molar-refractivity contribution in [3.05, 3.63) is 35.0 Å². The first kappa shape index (κ1) is 19.6. The Morgan fingerprint density at radius 2 is 2.00 bits per heavy atom. The van der Waals surface area contributed by atoms with E-state index in [1.807, 2.05) is 20.8 Å². The number of esters is 1. The van der Waals surface area contributed by atoms with E-state index in [-0.39, 0.29) is 12.1 Å². The van der Waals surface area contributed by atoms with E-state index in [1.54, 1.807) is 32.2 Å². The Balaban J connectivity index is 2.41. The lowest BCUT2D eigenvalue weighted by atomic mass is 9.95. The van der Waals surface area contributed by atoms with Crippen LogP contribution < -0.4 is 20.1 Å². The van der Waals surface area contributed by atoms with Crippen LogP contribution in [0.4, 0.5) is 4.79 Å². The van der Waals surface area contributed by atoms with Crippen LogP contribution in [0.15, 0.2) is 29.5 Å². The highest BCUT2D eigenvalue weighted by atomic mass is 16.5. The zero-order valence-electron chi connectivity index (χ0n) is 15.8. The minimum Gasteiger partial charge on any atom is -0.493 e. The third-order valence-electron chi connectivity index (χ3n) is 3.81. The maximum Gasteiger partial charge on any atom is 0.338 e. The molecule has 1 atom stereocenters. The molecule has 2 rings (SSSR count). The highest BCUT2D eigenvalue weighted by Crippen LogP contribution is 2.35. The van der Waals surface area contributed by atoms with Gasteiger partial charge in [0.25, 0.3) is 0 Å². The van der Waals surface area contributed by atoms with Gasteiger partial charge in [-0.1, -0.05) is 13.0 Å². The second-order valence-corrected chi connectivity index (χ2v) is 6.28. The highest BCUT2D eigenvalue weighted by molar-refractivity contribution is 5.95. The van der Waals surface area contributed by atoms with Crippen molar-refractivity contribution in [3.8, 4) is 11.5 Å². The molecule has 1 unspecified atom stereocenters. The lowest BCUT2D eigenvalue weighted by Gasteiger charge is -2.28. The summed E-state index contributed by atoms with van der Waals surface area (Å²) in [7, 11) is 1.55. The van der Waals surface area contributed by atoms with Gasteiger partial charge in [0.1, 0.15) is 0 Å². The molecular formula is C19H26N2O5. The summed E-state index contributed by atoms with van der Waals surface area (Å²) >= 11 is 0. The topological polar surface area (TPSA) is 85.9 Å². The van der Waals surface area contributed by atoms with Crippen LogP contribution in [0, 0.1) is 0 Å². The van der Waals surface area contributed by atoms with Crippen molar-refractivity contribution in [2.24, 2.45) is 0 Å². The van der Waals surface area contributed by atoms with Crippen molar-refractivity contribution >= 4 is 12.0 Å². The van der Waals surface area contributed by atoms with Crippen molar-refractivity contribution in [2.45, 2.75) is 46.3 Å². The number of allylic oxidation sites excluding steroid dienone is 1. The van der Waals surface area contributed by atoms with E-state index in [0.717, 1.165) is 6.42 Å². The van der Waals surface area contributed by atoms with Crippen molar-refractivity contribution in [2.75, 3.05) is 13.7 Å². The van der Waals surface area contributed by atoms with Crippen molar-refractivity contribution in [1.82, 2.24) is 10.6 Å². The number of benzene rings is 1. The molecule has 142 valence electrons. The van der Waals surface area contributed by atoms with Gasteiger partial charge in [0, 0.05) is 5.70 Å². The molecular weight excluding hydrogens is 336 g/mol. The van der Waals surface area contributed by atoms with E-state index in [1.165, 1.54) is 0 Å². The molecule has 2 N–H and O–H groups in total. The van der Waals surface area contributed by atoms with Crippen LogP contribution in [-0.4, -0.2) is 31.8 Å². The number of hydrogen-bond acceptors (Lipinski definition) is 5. The monoisotopic (exact) mass is 362 g/mol. The summed E-state index contributed by atoms with van der Waals surface area (Å²) in [6.45, 7) is 7.77. The molecule has 0 aliphatic carbocycles. The number of amides is 2. The molecule has 1 heterocycles. The number of urea groups is 1. The Morgan fingerprint density at radius 3 is 2.62 bits per heavy atom. The van der Waals surface area contributed by atoms with Crippen LogP contribution in [0.1, 0.15) is 45.7 Å². The minimum atomic E-state index is -0.630. The summed E-state index contributed by atoms with van der Waals surface area (Å²) in [5.74, 6) is 0.675. The molecule has 1 aromatic rings. The first-order valence-corrected chi connectivity index (χ1v) is 8.67.